The highest BCUT2D eigenvalue weighted by Crippen LogP contribution is 2.45. The van der Waals surface area contributed by atoms with Crippen molar-refractivity contribution < 1.29 is 23.1 Å². The zero-order chi connectivity index (χ0) is 25.1. The summed E-state index contributed by atoms with van der Waals surface area (Å²) in [5.74, 6) is -2.76. The molecule has 0 bridgehead atoms. The zero-order valence-corrected chi connectivity index (χ0v) is 18.6. The molecule has 180 valence electrons. The highest BCUT2D eigenvalue weighted by molar-refractivity contribution is 6.15. The summed E-state index contributed by atoms with van der Waals surface area (Å²) in [5.41, 5.74) is -0.0194. The molecule has 0 saturated carbocycles. The van der Waals surface area contributed by atoms with Gasteiger partial charge in [0.2, 0.25) is 0 Å². The fraction of sp³-hybridized carbons (Fsp3) is 0.208. The van der Waals surface area contributed by atoms with Crippen molar-refractivity contribution in [3.8, 4) is 17.2 Å². The van der Waals surface area contributed by atoms with E-state index in [1.54, 1.807) is 7.05 Å². The van der Waals surface area contributed by atoms with Crippen LogP contribution < -0.4 is 20.4 Å². The van der Waals surface area contributed by atoms with Gasteiger partial charge in [-0.2, -0.15) is 5.26 Å². The Morgan fingerprint density at radius 3 is 2.49 bits per heavy atom. The molecule has 0 fully saturated rings. The number of fused-ring (bicyclic) bond motifs is 3. The van der Waals surface area contributed by atoms with Crippen molar-refractivity contribution in [1.29, 1.82) is 5.26 Å². The lowest BCUT2D eigenvalue weighted by atomic mass is 10.0. The van der Waals surface area contributed by atoms with Gasteiger partial charge in [0, 0.05) is 29.9 Å². The third-order valence-electron chi connectivity index (χ3n) is 5.44. The van der Waals surface area contributed by atoms with Crippen LogP contribution in [0.2, 0.25) is 0 Å². The number of benzene rings is 2. The monoisotopic (exact) mass is 482 g/mol. The fourth-order valence-corrected chi connectivity index (χ4v) is 3.90. The van der Waals surface area contributed by atoms with Crippen LogP contribution in [0.15, 0.2) is 42.6 Å². The van der Waals surface area contributed by atoms with E-state index in [1.807, 2.05) is 6.07 Å². The Labute approximate surface area is 199 Å². The van der Waals surface area contributed by atoms with Crippen LogP contribution in [-0.2, 0) is 0 Å². The minimum Gasteiger partial charge on any atom is -0.395 e. The molecular formula is C24H21F3N6O2. The quantitative estimate of drug-likeness (QED) is 0.444. The first-order valence-corrected chi connectivity index (χ1v) is 10.7. The largest absolute Gasteiger partial charge is 0.395 e. The van der Waals surface area contributed by atoms with Crippen LogP contribution in [-0.4, -0.2) is 49.4 Å². The maximum Gasteiger partial charge on any atom is 0.335 e. The van der Waals surface area contributed by atoms with E-state index in [1.165, 1.54) is 18.2 Å². The second kappa shape index (κ2) is 10.0. The van der Waals surface area contributed by atoms with E-state index in [0.29, 0.717) is 13.1 Å². The van der Waals surface area contributed by atoms with Gasteiger partial charge in [-0.05, 0) is 37.4 Å². The Morgan fingerprint density at radius 1 is 1.09 bits per heavy atom. The number of hydrogen-bond acceptors (Lipinski definition) is 6. The van der Waals surface area contributed by atoms with Gasteiger partial charge in [-0.3, -0.25) is 9.80 Å². The number of hydrogen-bond donors (Lipinski definition) is 3. The molecule has 0 unspecified atom stereocenters. The number of aliphatic hydroxyl groups is 1. The number of likely N-dealkylation sites (N-methyl/N-ethyl adjacent to an activating group) is 1. The summed E-state index contributed by atoms with van der Waals surface area (Å²) in [6, 6.07) is 8.45. The van der Waals surface area contributed by atoms with Crippen molar-refractivity contribution >= 4 is 28.9 Å². The van der Waals surface area contributed by atoms with Gasteiger partial charge in [0.25, 0.3) is 0 Å². The molecule has 4 rings (SSSR count). The highest BCUT2D eigenvalue weighted by atomic mass is 19.1. The predicted octanol–water partition coefficient (Wildman–Crippen LogP) is 3.74. The number of β-amino-alcohol motifs (C(OH)–C–C–N with tert-alkyl or cyclic N) is 1. The molecule has 3 aromatic rings. The lowest BCUT2D eigenvalue weighted by Gasteiger charge is -2.29. The SMILES string of the molecule is CNCCNc1cc(F)c(N2C(=O)N(CCO)c3ncc(F)cc3-c3ccc(C#N)cc32)c(F)c1. The lowest BCUT2D eigenvalue weighted by Crippen LogP contribution is -2.43. The minimum absolute atomic E-state index is 0.00470. The van der Waals surface area contributed by atoms with Crippen LogP contribution in [0.5, 0.6) is 0 Å². The molecule has 0 atom stereocenters. The topological polar surface area (TPSA) is 105 Å². The number of aliphatic hydroxyl groups excluding tert-OH is 1. The van der Waals surface area contributed by atoms with Gasteiger partial charge in [-0.15, -0.1) is 0 Å². The first kappa shape index (κ1) is 24.0. The van der Waals surface area contributed by atoms with Gasteiger partial charge in [-0.25, -0.2) is 22.9 Å². The van der Waals surface area contributed by atoms with Crippen molar-refractivity contribution in [3.63, 3.8) is 0 Å². The molecule has 2 aromatic carbocycles. The van der Waals surface area contributed by atoms with Gasteiger partial charge in [0.15, 0.2) is 11.6 Å². The van der Waals surface area contributed by atoms with Crippen LogP contribution in [0.3, 0.4) is 0 Å². The fourth-order valence-electron chi connectivity index (χ4n) is 3.90. The minimum atomic E-state index is -1.03. The van der Waals surface area contributed by atoms with Crippen LogP contribution in [0.4, 0.5) is 40.8 Å². The third kappa shape index (κ3) is 4.49. The van der Waals surface area contributed by atoms with Crippen molar-refractivity contribution in [2.24, 2.45) is 0 Å². The molecule has 0 saturated heterocycles. The average Bonchev–Trinajstić information content (AvgIpc) is 2.92. The number of urea groups is 1. The van der Waals surface area contributed by atoms with E-state index in [0.717, 1.165) is 34.2 Å². The number of pyridine rings is 1. The van der Waals surface area contributed by atoms with Crippen LogP contribution in [0.1, 0.15) is 5.56 Å². The summed E-state index contributed by atoms with van der Waals surface area (Å²) in [7, 11) is 1.74. The zero-order valence-electron chi connectivity index (χ0n) is 18.6. The molecule has 11 heteroatoms. The summed E-state index contributed by atoms with van der Waals surface area (Å²) < 4.78 is 45.0. The number of carbonyl (C=O) groups excluding carboxylic acids is 1. The maximum atomic E-state index is 15.4. The molecule has 1 aliphatic rings. The first-order valence-electron chi connectivity index (χ1n) is 10.7. The second-order valence-corrected chi connectivity index (χ2v) is 7.68. The maximum absolute atomic E-state index is 15.4. The van der Waals surface area contributed by atoms with Gasteiger partial charge < -0.3 is 15.7 Å². The number of aromatic nitrogens is 1. The van der Waals surface area contributed by atoms with Gasteiger partial charge >= 0.3 is 6.03 Å². The summed E-state index contributed by atoms with van der Waals surface area (Å²) in [6.45, 7) is 0.199. The molecule has 1 aliphatic heterocycles. The normalized spacial score (nSPS) is 12.6. The lowest BCUT2D eigenvalue weighted by molar-refractivity contribution is 0.248. The number of nitrogens with one attached hydrogen (secondary N) is 2. The molecule has 0 aliphatic carbocycles. The van der Waals surface area contributed by atoms with E-state index < -0.39 is 35.8 Å². The molecule has 0 radical (unpaired) electrons. The predicted molar refractivity (Wildman–Crippen MR) is 125 cm³/mol. The van der Waals surface area contributed by atoms with Crippen LogP contribution in [0, 0.1) is 28.8 Å². The Hall–Kier alpha value is -4.14. The number of anilines is 4. The number of halogens is 3. The first-order chi connectivity index (χ1) is 16.9. The summed E-state index contributed by atoms with van der Waals surface area (Å²) in [4.78, 5) is 19.5. The van der Waals surface area contributed by atoms with Crippen molar-refractivity contribution in [1.82, 2.24) is 10.3 Å². The standard InChI is InChI=1S/C24H21F3N6O2/c1-29-4-5-30-16-10-19(26)22(20(27)11-16)33-21-8-14(12-28)2-3-17(21)18-9-15(25)13-31-23(18)32(6-7-34)24(33)35/h2-3,8-11,13,29-30,34H,4-7H2,1H3. The van der Waals surface area contributed by atoms with Gasteiger partial charge in [0.1, 0.15) is 17.3 Å². The number of amides is 2. The van der Waals surface area contributed by atoms with E-state index in [2.05, 4.69) is 15.6 Å². The van der Waals surface area contributed by atoms with Crippen molar-refractivity contribution in [3.05, 3.63) is 65.6 Å². The second-order valence-electron chi connectivity index (χ2n) is 7.68. The Balaban J connectivity index is 1.96. The molecule has 35 heavy (non-hydrogen) atoms. The highest BCUT2D eigenvalue weighted by Gasteiger charge is 2.36. The van der Waals surface area contributed by atoms with Gasteiger partial charge in [0.05, 0.1) is 36.7 Å². The molecule has 2 amide bonds. The number of rotatable bonds is 7. The van der Waals surface area contributed by atoms with Crippen molar-refractivity contribution in [2.75, 3.05) is 48.4 Å². The van der Waals surface area contributed by atoms with E-state index in [-0.39, 0.29) is 40.4 Å². The average molecular weight is 482 g/mol. The molecule has 1 aromatic heterocycles. The Bertz CT molecular complexity index is 1300. The van der Waals surface area contributed by atoms with E-state index in [9.17, 15) is 19.6 Å². The third-order valence-corrected chi connectivity index (χ3v) is 5.44. The number of carbonyl (C=O) groups is 1. The molecule has 2 heterocycles. The van der Waals surface area contributed by atoms with Crippen LogP contribution >= 0.6 is 0 Å². The van der Waals surface area contributed by atoms with E-state index in [4.69, 9.17) is 0 Å². The number of nitrogens with zero attached hydrogens (tertiary/aromatic N) is 4. The summed E-state index contributed by atoms with van der Waals surface area (Å²) >= 11 is 0. The Morgan fingerprint density at radius 2 is 1.83 bits per heavy atom. The molecular weight excluding hydrogens is 461 g/mol. The summed E-state index contributed by atoms with van der Waals surface area (Å²) in [5, 5.41) is 24.8. The summed E-state index contributed by atoms with van der Waals surface area (Å²) in [6.07, 6.45) is 0.905. The van der Waals surface area contributed by atoms with Gasteiger partial charge in [-0.1, -0.05) is 6.07 Å². The van der Waals surface area contributed by atoms with Crippen LogP contribution in [0.25, 0.3) is 11.1 Å². The smallest absolute Gasteiger partial charge is 0.335 e. The number of nitriles is 1. The molecule has 0 spiro atoms. The molecule has 8 nitrogen and oxygen atoms in total. The Kier molecular flexibility index (Phi) is 6.86. The van der Waals surface area contributed by atoms with E-state index >= 15 is 8.78 Å². The van der Waals surface area contributed by atoms with Crippen molar-refractivity contribution in [2.45, 2.75) is 0 Å². The molecule has 3 N–H and O–H groups in total.